The van der Waals surface area contributed by atoms with Crippen molar-refractivity contribution in [1.82, 2.24) is 19.7 Å². The van der Waals surface area contributed by atoms with E-state index >= 15 is 0 Å². The number of carbonyl (C=O) groups is 2. The molecule has 4 aromatic rings. The third-order valence-electron chi connectivity index (χ3n) is 8.25. The predicted octanol–water partition coefficient (Wildman–Crippen LogP) is 4.89. The molecule has 8 nitrogen and oxygen atoms in total. The van der Waals surface area contributed by atoms with E-state index in [2.05, 4.69) is 4.90 Å². The molecule has 6 rings (SSSR count). The lowest BCUT2D eigenvalue weighted by molar-refractivity contribution is 0.0412. The minimum absolute atomic E-state index is 0.0665. The number of carbonyl (C=O) groups excluding carboxylic acids is 2. The molecule has 0 radical (unpaired) electrons. The molecule has 0 spiro atoms. The Morgan fingerprint density at radius 3 is 1.67 bits per heavy atom. The van der Waals surface area contributed by atoms with Gasteiger partial charge in [-0.2, -0.15) is 0 Å². The van der Waals surface area contributed by atoms with Gasteiger partial charge < -0.3 is 20.0 Å². The van der Waals surface area contributed by atoms with Crippen LogP contribution in [-0.2, 0) is 0 Å². The predicted molar refractivity (Wildman–Crippen MR) is 161 cm³/mol. The van der Waals surface area contributed by atoms with Gasteiger partial charge in [-0.1, -0.05) is 42.5 Å². The van der Waals surface area contributed by atoms with Crippen LogP contribution in [0.15, 0.2) is 91.0 Å². The van der Waals surface area contributed by atoms with Crippen molar-refractivity contribution in [3.8, 4) is 34.0 Å². The summed E-state index contributed by atoms with van der Waals surface area (Å²) in [6.07, 6.45) is 1.86. The Morgan fingerprint density at radius 1 is 0.595 bits per heavy atom. The fraction of sp³-hybridized carbons (Fsp3) is 0.265. The smallest absolute Gasteiger partial charge is 0.254 e. The Morgan fingerprint density at radius 2 is 1.12 bits per heavy atom. The molecule has 0 bridgehead atoms. The molecule has 0 atom stereocenters. The lowest BCUT2D eigenvalue weighted by Gasteiger charge is -2.42. The Balaban J connectivity index is 1.13. The van der Waals surface area contributed by atoms with Gasteiger partial charge in [0.25, 0.3) is 11.8 Å². The van der Waals surface area contributed by atoms with Gasteiger partial charge in [0.05, 0.1) is 11.4 Å². The Hall–Kier alpha value is -4.69. The van der Waals surface area contributed by atoms with Gasteiger partial charge in [0.1, 0.15) is 11.5 Å². The standard InChI is InChI=1S/C34H34N4O4/c39-29-10-4-8-25(20-29)31-22-27(23-32(35-31)26-9-5-11-30(40)21-26)34(42)38-18-16-36(17-19-38)28-12-14-37(15-13-28)33(41)24-6-2-1-3-7-24/h1-11,20-23,28,39-40H,12-19H2. The van der Waals surface area contributed by atoms with Crippen molar-refractivity contribution in [1.29, 1.82) is 0 Å². The number of phenolic OH excluding ortho intramolecular Hbond substituents is 2. The van der Waals surface area contributed by atoms with Crippen molar-refractivity contribution in [2.75, 3.05) is 39.3 Å². The van der Waals surface area contributed by atoms with Gasteiger partial charge >= 0.3 is 0 Å². The monoisotopic (exact) mass is 562 g/mol. The van der Waals surface area contributed by atoms with Gasteiger partial charge in [-0.15, -0.1) is 0 Å². The number of phenols is 2. The molecule has 2 saturated heterocycles. The number of amides is 2. The number of hydrogen-bond acceptors (Lipinski definition) is 6. The van der Waals surface area contributed by atoms with Crippen molar-refractivity contribution in [2.45, 2.75) is 18.9 Å². The highest BCUT2D eigenvalue weighted by atomic mass is 16.3. The number of aromatic hydroxyl groups is 2. The fourth-order valence-electron chi connectivity index (χ4n) is 5.95. The Kier molecular flexibility index (Phi) is 7.88. The summed E-state index contributed by atoms with van der Waals surface area (Å²) in [6, 6.07) is 27.0. The molecule has 3 aromatic carbocycles. The van der Waals surface area contributed by atoms with E-state index < -0.39 is 0 Å². The summed E-state index contributed by atoms with van der Waals surface area (Å²) in [4.78, 5) is 37.7. The molecule has 0 unspecified atom stereocenters. The van der Waals surface area contributed by atoms with Crippen LogP contribution < -0.4 is 0 Å². The first-order valence-electron chi connectivity index (χ1n) is 14.4. The maximum Gasteiger partial charge on any atom is 0.254 e. The van der Waals surface area contributed by atoms with Crippen LogP contribution in [0, 0.1) is 0 Å². The normalized spacial score (nSPS) is 16.4. The average molecular weight is 563 g/mol. The van der Waals surface area contributed by atoms with Crippen molar-refractivity contribution in [3.63, 3.8) is 0 Å². The zero-order valence-electron chi connectivity index (χ0n) is 23.4. The highest BCUT2D eigenvalue weighted by Crippen LogP contribution is 2.29. The van der Waals surface area contributed by atoms with Crippen molar-refractivity contribution < 1.29 is 19.8 Å². The van der Waals surface area contributed by atoms with Gasteiger partial charge in [-0.05, 0) is 61.4 Å². The van der Waals surface area contributed by atoms with E-state index in [-0.39, 0.29) is 23.3 Å². The number of pyridine rings is 1. The lowest BCUT2D eigenvalue weighted by Crippen LogP contribution is -2.54. The van der Waals surface area contributed by atoms with E-state index in [4.69, 9.17) is 4.98 Å². The zero-order valence-corrected chi connectivity index (χ0v) is 23.4. The minimum Gasteiger partial charge on any atom is -0.508 e. The minimum atomic E-state index is -0.0665. The second-order valence-electron chi connectivity index (χ2n) is 10.9. The number of piperazine rings is 1. The molecule has 2 fully saturated rings. The van der Waals surface area contributed by atoms with E-state index in [1.165, 1.54) is 0 Å². The van der Waals surface area contributed by atoms with Crippen LogP contribution in [-0.4, -0.2) is 87.0 Å². The quantitative estimate of drug-likeness (QED) is 0.360. The summed E-state index contributed by atoms with van der Waals surface area (Å²) in [5.41, 5.74) is 3.80. The van der Waals surface area contributed by atoms with Gasteiger partial charge in [0.15, 0.2) is 0 Å². The van der Waals surface area contributed by atoms with Crippen LogP contribution in [0.5, 0.6) is 11.5 Å². The van der Waals surface area contributed by atoms with Gasteiger partial charge in [0, 0.05) is 67.6 Å². The number of aromatic nitrogens is 1. The van der Waals surface area contributed by atoms with Crippen LogP contribution >= 0.6 is 0 Å². The summed E-state index contributed by atoms with van der Waals surface area (Å²) in [5.74, 6) is 0.271. The molecule has 2 amide bonds. The number of benzene rings is 3. The second kappa shape index (κ2) is 12.0. The van der Waals surface area contributed by atoms with Gasteiger partial charge in [0.2, 0.25) is 0 Å². The first-order valence-corrected chi connectivity index (χ1v) is 14.4. The topological polar surface area (TPSA) is 97.2 Å². The van der Waals surface area contributed by atoms with E-state index in [0.717, 1.165) is 44.6 Å². The van der Waals surface area contributed by atoms with Crippen LogP contribution in [0.4, 0.5) is 0 Å². The van der Waals surface area contributed by atoms with E-state index in [9.17, 15) is 19.8 Å². The largest absolute Gasteiger partial charge is 0.508 e. The zero-order chi connectivity index (χ0) is 29.1. The average Bonchev–Trinajstić information content (AvgIpc) is 3.04. The van der Waals surface area contributed by atoms with Gasteiger partial charge in [-0.3, -0.25) is 14.5 Å². The molecule has 2 aliphatic rings. The van der Waals surface area contributed by atoms with Crippen LogP contribution in [0.1, 0.15) is 33.6 Å². The fourth-order valence-corrected chi connectivity index (χ4v) is 5.95. The van der Waals surface area contributed by atoms with Crippen LogP contribution in [0.2, 0.25) is 0 Å². The second-order valence-corrected chi connectivity index (χ2v) is 10.9. The summed E-state index contributed by atoms with van der Waals surface area (Å²) in [7, 11) is 0. The maximum absolute atomic E-state index is 13.8. The first-order chi connectivity index (χ1) is 20.4. The number of nitrogens with zero attached hydrogens (tertiary/aromatic N) is 4. The third-order valence-corrected chi connectivity index (χ3v) is 8.25. The summed E-state index contributed by atoms with van der Waals surface area (Å²) < 4.78 is 0. The van der Waals surface area contributed by atoms with E-state index in [1.807, 2.05) is 52.3 Å². The molecule has 0 saturated carbocycles. The number of hydrogen-bond donors (Lipinski definition) is 2. The van der Waals surface area contributed by atoms with E-state index in [0.29, 0.717) is 47.2 Å². The molecule has 214 valence electrons. The SMILES string of the molecule is O=C(c1ccccc1)N1CCC(N2CCN(C(=O)c3cc(-c4cccc(O)c4)nc(-c4cccc(O)c4)c3)CC2)CC1. The summed E-state index contributed by atoms with van der Waals surface area (Å²) in [6.45, 7) is 4.29. The molecule has 3 heterocycles. The van der Waals surface area contributed by atoms with Crippen molar-refractivity contribution in [3.05, 3.63) is 102 Å². The highest BCUT2D eigenvalue weighted by Gasteiger charge is 2.31. The van der Waals surface area contributed by atoms with Crippen LogP contribution in [0.25, 0.3) is 22.5 Å². The van der Waals surface area contributed by atoms with Gasteiger partial charge in [-0.25, -0.2) is 4.98 Å². The Labute approximate surface area is 245 Å². The van der Waals surface area contributed by atoms with Crippen LogP contribution in [0.3, 0.4) is 0 Å². The molecular weight excluding hydrogens is 528 g/mol. The molecule has 0 aliphatic carbocycles. The molecular formula is C34H34N4O4. The molecule has 42 heavy (non-hydrogen) atoms. The first kappa shape index (κ1) is 27.5. The maximum atomic E-state index is 13.8. The molecule has 1 aromatic heterocycles. The highest BCUT2D eigenvalue weighted by molar-refractivity contribution is 5.96. The molecule has 2 aliphatic heterocycles. The Bertz CT molecular complexity index is 1510. The number of rotatable bonds is 5. The summed E-state index contributed by atoms with van der Waals surface area (Å²) in [5, 5.41) is 20.1. The molecule has 2 N–H and O–H groups in total. The van der Waals surface area contributed by atoms with Crippen molar-refractivity contribution in [2.24, 2.45) is 0 Å². The molecule has 8 heteroatoms. The third kappa shape index (κ3) is 5.99. The number of piperidine rings is 1. The summed E-state index contributed by atoms with van der Waals surface area (Å²) >= 11 is 0. The lowest BCUT2D eigenvalue weighted by atomic mass is 10.0. The van der Waals surface area contributed by atoms with E-state index in [1.54, 1.807) is 48.5 Å². The number of likely N-dealkylation sites (tertiary alicyclic amines) is 1. The van der Waals surface area contributed by atoms with Crippen molar-refractivity contribution >= 4 is 11.8 Å².